The van der Waals surface area contributed by atoms with Crippen LogP contribution in [-0.2, 0) is 16.6 Å². The van der Waals surface area contributed by atoms with Gasteiger partial charge in [0.1, 0.15) is 0 Å². The van der Waals surface area contributed by atoms with Gasteiger partial charge in [-0.25, -0.2) is 0 Å². The van der Waals surface area contributed by atoms with Gasteiger partial charge >= 0.3 is 0 Å². The molecule has 1 atom stereocenters. The maximum atomic E-state index is 12.5. The minimum absolute atomic E-state index is 0.408. The number of rotatable bonds is 3. The van der Waals surface area contributed by atoms with Gasteiger partial charge < -0.3 is 9.47 Å². The van der Waals surface area contributed by atoms with Crippen LogP contribution < -0.4 is 9.47 Å². The second-order valence-electron chi connectivity index (χ2n) is 4.96. The van der Waals surface area contributed by atoms with E-state index in [1.165, 1.54) is 0 Å². The van der Waals surface area contributed by atoms with Crippen molar-refractivity contribution in [1.82, 2.24) is 0 Å². The molecule has 22 heavy (non-hydrogen) atoms. The molecule has 0 N–H and O–H groups in total. The van der Waals surface area contributed by atoms with Crippen LogP contribution in [0, 0.1) is 11.3 Å². The molecule has 0 saturated carbocycles. The molecule has 0 spiro atoms. The minimum Gasteiger partial charge on any atom is -0.490 e. The second kappa shape index (κ2) is 6.63. The minimum atomic E-state index is -1.17. The van der Waals surface area contributed by atoms with Gasteiger partial charge in [-0.3, -0.25) is 4.21 Å². The fraction of sp³-hybridized carbons (Fsp3) is 0.235. The van der Waals surface area contributed by atoms with Crippen molar-refractivity contribution in [3.8, 4) is 17.6 Å². The molecule has 0 amide bonds. The molecule has 0 radical (unpaired) electrons. The van der Waals surface area contributed by atoms with Crippen LogP contribution in [0.25, 0.3) is 0 Å². The van der Waals surface area contributed by atoms with E-state index in [0.29, 0.717) is 40.9 Å². The van der Waals surface area contributed by atoms with Crippen LogP contribution in [0.3, 0.4) is 0 Å². The van der Waals surface area contributed by atoms with Crippen molar-refractivity contribution in [1.29, 1.82) is 5.26 Å². The first kappa shape index (κ1) is 14.6. The summed E-state index contributed by atoms with van der Waals surface area (Å²) in [7, 11) is -1.17. The zero-order valence-electron chi connectivity index (χ0n) is 12.0. The summed E-state index contributed by atoms with van der Waals surface area (Å²) in [6.07, 6.45) is 0.846. The lowest BCUT2D eigenvalue weighted by atomic mass is 10.2. The fourth-order valence-corrected chi connectivity index (χ4v) is 3.32. The lowest BCUT2D eigenvalue weighted by Gasteiger charge is -2.09. The summed E-state index contributed by atoms with van der Waals surface area (Å²) in [5.74, 6) is 1.77. The van der Waals surface area contributed by atoms with Gasteiger partial charge in [-0.2, -0.15) is 5.26 Å². The van der Waals surface area contributed by atoms with E-state index in [-0.39, 0.29) is 0 Å². The Morgan fingerprint density at radius 2 is 1.77 bits per heavy atom. The topological polar surface area (TPSA) is 59.3 Å². The van der Waals surface area contributed by atoms with Gasteiger partial charge in [0.15, 0.2) is 11.5 Å². The third-order valence-electron chi connectivity index (χ3n) is 3.36. The van der Waals surface area contributed by atoms with E-state index in [9.17, 15) is 4.21 Å². The van der Waals surface area contributed by atoms with Gasteiger partial charge in [0.05, 0.1) is 41.4 Å². The first-order valence-electron chi connectivity index (χ1n) is 7.03. The Morgan fingerprint density at radius 1 is 1.05 bits per heavy atom. The molecule has 2 aromatic carbocycles. The predicted octanol–water partition coefficient (Wildman–Crippen LogP) is 3.03. The molecule has 0 unspecified atom stereocenters. The normalized spacial score (nSPS) is 14.7. The van der Waals surface area contributed by atoms with E-state index in [1.54, 1.807) is 18.2 Å². The number of nitrogens with zero attached hydrogens (tertiary/aromatic N) is 1. The Labute approximate surface area is 131 Å². The van der Waals surface area contributed by atoms with Crippen LogP contribution in [-0.4, -0.2) is 17.4 Å². The quantitative estimate of drug-likeness (QED) is 0.874. The van der Waals surface area contributed by atoms with Gasteiger partial charge in [-0.15, -0.1) is 0 Å². The molecule has 112 valence electrons. The fourth-order valence-electron chi connectivity index (χ4n) is 2.20. The molecular weight excluding hydrogens is 298 g/mol. The van der Waals surface area contributed by atoms with Crippen LogP contribution in [0.1, 0.15) is 17.5 Å². The average Bonchev–Trinajstić information content (AvgIpc) is 2.80. The highest BCUT2D eigenvalue weighted by molar-refractivity contribution is 7.84. The standard InChI is InChI=1S/C17H15NO3S/c18-11-13-2-4-14(5-3-13)12-22(19)15-6-7-16-17(10-15)21-9-1-8-20-16/h2-7,10H,1,8-9,12H2/t22-/m1/s1. The Kier molecular flexibility index (Phi) is 4.40. The van der Waals surface area contributed by atoms with Crippen LogP contribution in [0.4, 0.5) is 0 Å². The summed E-state index contributed by atoms with van der Waals surface area (Å²) in [6.45, 7) is 1.25. The summed E-state index contributed by atoms with van der Waals surface area (Å²) in [6, 6.07) is 14.6. The first-order valence-corrected chi connectivity index (χ1v) is 8.35. The van der Waals surface area contributed by atoms with Gasteiger partial charge in [0, 0.05) is 17.4 Å². The van der Waals surface area contributed by atoms with Crippen molar-refractivity contribution in [2.75, 3.05) is 13.2 Å². The van der Waals surface area contributed by atoms with Crippen LogP contribution in [0.5, 0.6) is 11.5 Å². The van der Waals surface area contributed by atoms with Crippen molar-refractivity contribution in [3.63, 3.8) is 0 Å². The van der Waals surface area contributed by atoms with E-state index < -0.39 is 10.8 Å². The summed E-state index contributed by atoms with van der Waals surface area (Å²) in [5.41, 5.74) is 1.54. The maximum Gasteiger partial charge on any atom is 0.162 e. The highest BCUT2D eigenvalue weighted by Crippen LogP contribution is 2.31. The smallest absolute Gasteiger partial charge is 0.162 e. The molecule has 0 fully saturated rings. The lowest BCUT2D eigenvalue weighted by Crippen LogP contribution is -1.99. The molecule has 3 rings (SSSR count). The van der Waals surface area contributed by atoms with Gasteiger partial charge in [0.25, 0.3) is 0 Å². The number of ether oxygens (including phenoxy) is 2. The highest BCUT2D eigenvalue weighted by atomic mass is 32.2. The third kappa shape index (κ3) is 3.29. The molecule has 5 heteroatoms. The van der Waals surface area contributed by atoms with E-state index in [0.717, 1.165) is 12.0 Å². The van der Waals surface area contributed by atoms with E-state index in [4.69, 9.17) is 14.7 Å². The molecule has 1 aliphatic rings. The number of fused-ring (bicyclic) bond motifs is 1. The number of benzene rings is 2. The van der Waals surface area contributed by atoms with Crippen LogP contribution in [0.2, 0.25) is 0 Å². The molecule has 1 heterocycles. The average molecular weight is 313 g/mol. The van der Waals surface area contributed by atoms with E-state index >= 15 is 0 Å². The van der Waals surface area contributed by atoms with Crippen molar-refractivity contribution >= 4 is 10.8 Å². The summed E-state index contributed by atoms with van der Waals surface area (Å²) < 4.78 is 23.7. The van der Waals surface area contributed by atoms with Crippen LogP contribution in [0.15, 0.2) is 47.4 Å². The predicted molar refractivity (Wildman–Crippen MR) is 83.3 cm³/mol. The number of hydrogen-bond acceptors (Lipinski definition) is 4. The Bertz CT molecular complexity index is 735. The van der Waals surface area contributed by atoms with Crippen LogP contribution >= 0.6 is 0 Å². The van der Waals surface area contributed by atoms with Crippen molar-refractivity contribution in [2.45, 2.75) is 17.1 Å². The van der Waals surface area contributed by atoms with Gasteiger partial charge in [-0.05, 0) is 29.8 Å². The molecule has 1 aliphatic heterocycles. The summed E-state index contributed by atoms with van der Waals surface area (Å²) in [4.78, 5) is 0.716. The molecule has 0 saturated heterocycles. The summed E-state index contributed by atoms with van der Waals surface area (Å²) in [5, 5.41) is 8.79. The van der Waals surface area contributed by atoms with Gasteiger partial charge in [-0.1, -0.05) is 12.1 Å². The molecule has 0 bridgehead atoms. The zero-order chi connectivity index (χ0) is 15.4. The molecule has 0 aromatic heterocycles. The van der Waals surface area contributed by atoms with Crippen molar-refractivity contribution in [3.05, 3.63) is 53.6 Å². The third-order valence-corrected chi connectivity index (χ3v) is 4.74. The van der Waals surface area contributed by atoms with E-state index in [2.05, 4.69) is 6.07 Å². The van der Waals surface area contributed by atoms with Gasteiger partial charge in [0.2, 0.25) is 0 Å². The summed E-state index contributed by atoms with van der Waals surface area (Å²) >= 11 is 0. The Balaban J connectivity index is 1.77. The van der Waals surface area contributed by atoms with E-state index in [1.807, 2.05) is 24.3 Å². The highest BCUT2D eigenvalue weighted by Gasteiger charge is 2.13. The number of nitriles is 1. The number of hydrogen-bond donors (Lipinski definition) is 0. The van der Waals surface area contributed by atoms with Crippen molar-refractivity contribution in [2.24, 2.45) is 0 Å². The monoisotopic (exact) mass is 313 g/mol. The first-order chi connectivity index (χ1) is 10.8. The molecule has 4 nitrogen and oxygen atoms in total. The SMILES string of the molecule is N#Cc1ccc(C[S@@](=O)c2ccc3c(c2)OCCCO3)cc1. The molecular formula is C17H15NO3S. The molecule has 2 aromatic rings. The lowest BCUT2D eigenvalue weighted by molar-refractivity contribution is 0.297. The van der Waals surface area contributed by atoms with Crippen molar-refractivity contribution < 1.29 is 13.7 Å². The maximum absolute atomic E-state index is 12.5. The Morgan fingerprint density at radius 3 is 2.50 bits per heavy atom. The molecule has 0 aliphatic carbocycles. The second-order valence-corrected chi connectivity index (χ2v) is 6.41. The Hall–Kier alpha value is -2.32. The largest absolute Gasteiger partial charge is 0.490 e. The zero-order valence-corrected chi connectivity index (χ0v) is 12.8.